The van der Waals surface area contributed by atoms with Crippen molar-refractivity contribution in [1.82, 2.24) is 15.2 Å². The van der Waals surface area contributed by atoms with Crippen molar-refractivity contribution in [2.45, 2.75) is 24.5 Å². The zero-order chi connectivity index (χ0) is 24.9. The summed E-state index contributed by atoms with van der Waals surface area (Å²) in [5.74, 6) is -4.87. The number of aromatic nitrogens is 1. The smallest absolute Gasteiger partial charge is 0.268 e. The molecule has 1 fully saturated rings. The summed E-state index contributed by atoms with van der Waals surface area (Å²) in [4.78, 5) is 41.9. The lowest BCUT2D eigenvalue weighted by Gasteiger charge is -2.21. The lowest BCUT2D eigenvalue weighted by Crippen LogP contribution is -2.43. The molecule has 0 aliphatic carbocycles. The van der Waals surface area contributed by atoms with E-state index in [4.69, 9.17) is 20.5 Å². The molecule has 1 aromatic heterocycles. The third kappa shape index (κ3) is 5.55. The maximum absolute atomic E-state index is 13.6. The van der Waals surface area contributed by atoms with E-state index in [1.165, 1.54) is 25.6 Å². The van der Waals surface area contributed by atoms with Gasteiger partial charge in [-0.15, -0.1) is 0 Å². The van der Waals surface area contributed by atoms with E-state index in [1.807, 2.05) is 0 Å². The summed E-state index contributed by atoms with van der Waals surface area (Å²) >= 11 is 0. The number of alkyl halides is 2. The number of nitrogens with two attached hydrogens (primary N) is 1. The van der Waals surface area contributed by atoms with Gasteiger partial charge in [-0.2, -0.15) is 5.26 Å². The van der Waals surface area contributed by atoms with Gasteiger partial charge in [0, 0.05) is 29.9 Å². The van der Waals surface area contributed by atoms with Gasteiger partial charge < -0.3 is 25.4 Å². The monoisotopic (exact) mass is 473 g/mol. The van der Waals surface area contributed by atoms with E-state index in [1.54, 1.807) is 30.3 Å². The number of likely N-dealkylation sites (tertiary alicyclic amines) is 1. The molecule has 12 heteroatoms. The van der Waals surface area contributed by atoms with Gasteiger partial charge in [0.25, 0.3) is 17.7 Å². The largest absolute Gasteiger partial charge is 0.497 e. The fourth-order valence-electron chi connectivity index (χ4n) is 3.43. The molecular weight excluding hydrogens is 452 g/mol. The Bertz CT molecular complexity index is 1120. The normalized spacial score (nSPS) is 17.4. The number of nitrogens with zero attached hydrogens (tertiary/aromatic N) is 3. The third-order valence-electron chi connectivity index (χ3n) is 5.09. The van der Waals surface area contributed by atoms with Crippen LogP contribution in [-0.4, -0.2) is 59.8 Å². The number of rotatable bonds is 8. The van der Waals surface area contributed by atoms with Crippen LogP contribution in [0.4, 0.5) is 8.78 Å². The number of methoxy groups -OCH3 is 1. The molecule has 2 heterocycles. The van der Waals surface area contributed by atoms with Gasteiger partial charge in [0.1, 0.15) is 17.5 Å². The fourth-order valence-corrected chi connectivity index (χ4v) is 3.43. The predicted molar refractivity (Wildman–Crippen MR) is 113 cm³/mol. The highest BCUT2D eigenvalue weighted by molar-refractivity contribution is 5.99. The summed E-state index contributed by atoms with van der Waals surface area (Å²) in [5.41, 5.74) is 5.48. The molecule has 0 spiro atoms. The lowest BCUT2D eigenvalue weighted by atomic mass is 10.0. The molecule has 10 nitrogen and oxygen atoms in total. The quantitative estimate of drug-likeness (QED) is 0.585. The Hall–Kier alpha value is -4.27. The topological polar surface area (TPSA) is 148 Å². The molecule has 2 aromatic rings. The van der Waals surface area contributed by atoms with Gasteiger partial charge in [0.2, 0.25) is 12.0 Å². The number of halogens is 2. The third-order valence-corrected chi connectivity index (χ3v) is 5.09. The van der Waals surface area contributed by atoms with Gasteiger partial charge in [-0.1, -0.05) is 0 Å². The summed E-state index contributed by atoms with van der Waals surface area (Å²) in [5, 5.41) is 11.4. The number of benzene rings is 1. The fraction of sp³-hybridized carbons (Fsp3) is 0.318. The van der Waals surface area contributed by atoms with Gasteiger partial charge in [-0.25, -0.2) is 8.78 Å². The van der Waals surface area contributed by atoms with Crippen LogP contribution >= 0.6 is 0 Å². The zero-order valence-corrected chi connectivity index (χ0v) is 18.0. The van der Waals surface area contributed by atoms with Crippen LogP contribution in [0.1, 0.15) is 28.4 Å². The first kappa shape index (κ1) is 24.4. The maximum Gasteiger partial charge on any atom is 0.268 e. The Morgan fingerprint density at radius 2 is 1.97 bits per heavy atom. The van der Waals surface area contributed by atoms with E-state index in [2.05, 4.69) is 10.3 Å². The van der Waals surface area contributed by atoms with Crippen LogP contribution in [0.15, 0.2) is 42.7 Å². The average molecular weight is 473 g/mol. The highest BCUT2D eigenvalue weighted by atomic mass is 19.3. The molecule has 1 saturated heterocycles. The molecule has 0 saturated carbocycles. The minimum absolute atomic E-state index is 0.0402. The van der Waals surface area contributed by atoms with Crippen LogP contribution < -0.4 is 20.5 Å². The summed E-state index contributed by atoms with van der Waals surface area (Å²) in [6.07, 6.45) is 0.361. The standard InChI is InChI=1S/C22H21F2N5O5/c1-33-14-2-4-15(5-3-14)34-19(20(26)31)17-10-27-7-6-16(17)21(32)28-11-18(30)29-12-22(23,24)8-13(29)9-25/h2-7,10,13,19H,8,11-12H2,1H3,(H2,26,31)(H,28,32). The first-order valence-electron chi connectivity index (χ1n) is 10.0. The highest BCUT2D eigenvalue weighted by Crippen LogP contribution is 2.31. The number of carbonyl (C=O) groups is 3. The van der Waals surface area contributed by atoms with Crippen LogP contribution in [0.2, 0.25) is 0 Å². The molecule has 1 aromatic carbocycles. The minimum atomic E-state index is -3.17. The average Bonchev–Trinajstić information content (AvgIpc) is 3.15. The summed E-state index contributed by atoms with van der Waals surface area (Å²) < 4.78 is 37.9. The lowest BCUT2D eigenvalue weighted by molar-refractivity contribution is -0.131. The second-order valence-corrected chi connectivity index (χ2v) is 7.45. The van der Waals surface area contributed by atoms with E-state index in [9.17, 15) is 23.2 Å². The van der Waals surface area contributed by atoms with Gasteiger partial charge in [0.15, 0.2) is 0 Å². The molecule has 3 N–H and O–H groups in total. The van der Waals surface area contributed by atoms with E-state index in [0.717, 1.165) is 4.90 Å². The molecule has 1 aliphatic heterocycles. The molecular formula is C22H21F2N5O5. The number of pyridine rings is 1. The van der Waals surface area contributed by atoms with Crippen molar-refractivity contribution in [1.29, 1.82) is 5.26 Å². The SMILES string of the molecule is COc1ccc(OC(C(N)=O)c2cnccc2C(=O)NCC(=O)N2CC(F)(F)CC2C#N)cc1. The van der Waals surface area contributed by atoms with E-state index < -0.39 is 55.3 Å². The van der Waals surface area contributed by atoms with Crippen LogP contribution in [-0.2, 0) is 9.59 Å². The van der Waals surface area contributed by atoms with Crippen molar-refractivity contribution in [2.24, 2.45) is 5.73 Å². The molecule has 178 valence electrons. The van der Waals surface area contributed by atoms with Gasteiger partial charge >= 0.3 is 0 Å². The van der Waals surface area contributed by atoms with Crippen LogP contribution in [0, 0.1) is 11.3 Å². The molecule has 2 atom stereocenters. The van der Waals surface area contributed by atoms with Crippen molar-refractivity contribution in [2.75, 3.05) is 20.2 Å². The summed E-state index contributed by atoms with van der Waals surface area (Å²) in [6.45, 7) is -1.53. The van der Waals surface area contributed by atoms with Crippen LogP contribution in [0.5, 0.6) is 11.5 Å². The number of primary amides is 1. The number of nitriles is 1. The molecule has 2 unspecified atom stereocenters. The van der Waals surface area contributed by atoms with Gasteiger partial charge in [0.05, 0.1) is 26.3 Å². The maximum atomic E-state index is 13.6. The van der Waals surface area contributed by atoms with Gasteiger partial charge in [-0.3, -0.25) is 19.4 Å². The first-order valence-corrected chi connectivity index (χ1v) is 10.0. The molecule has 3 amide bonds. The van der Waals surface area contributed by atoms with Crippen molar-refractivity contribution in [3.8, 4) is 17.6 Å². The van der Waals surface area contributed by atoms with Crippen molar-refractivity contribution >= 4 is 17.7 Å². The Kier molecular flexibility index (Phi) is 7.25. The number of ether oxygens (including phenoxy) is 2. The first-order chi connectivity index (χ1) is 16.1. The van der Waals surface area contributed by atoms with Crippen molar-refractivity contribution in [3.63, 3.8) is 0 Å². The van der Waals surface area contributed by atoms with Crippen LogP contribution in [0.3, 0.4) is 0 Å². The van der Waals surface area contributed by atoms with E-state index >= 15 is 0 Å². The second-order valence-electron chi connectivity index (χ2n) is 7.45. The number of hydrogen-bond donors (Lipinski definition) is 2. The Morgan fingerprint density at radius 1 is 1.29 bits per heavy atom. The molecule has 34 heavy (non-hydrogen) atoms. The van der Waals surface area contributed by atoms with Crippen LogP contribution in [0.25, 0.3) is 0 Å². The molecule has 1 aliphatic rings. The minimum Gasteiger partial charge on any atom is -0.497 e. The molecule has 0 radical (unpaired) electrons. The highest BCUT2D eigenvalue weighted by Gasteiger charge is 2.47. The Balaban J connectivity index is 1.75. The van der Waals surface area contributed by atoms with E-state index in [-0.39, 0.29) is 16.9 Å². The predicted octanol–water partition coefficient (Wildman–Crippen LogP) is 1.19. The number of amides is 3. The zero-order valence-electron chi connectivity index (χ0n) is 18.0. The Labute approximate surface area is 193 Å². The van der Waals surface area contributed by atoms with Gasteiger partial charge in [-0.05, 0) is 30.3 Å². The van der Waals surface area contributed by atoms with Crippen molar-refractivity contribution < 1.29 is 32.6 Å². The van der Waals surface area contributed by atoms with E-state index in [0.29, 0.717) is 5.75 Å². The number of nitrogens with one attached hydrogen (secondary N) is 1. The second kappa shape index (κ2) is 10.1. The van der Waals surface area contributed by atoms with Crippen molar-refractivity contribution in [3.05, 3.63) is 53.9 Å². The molecule has 0 bridgehead atoms. The number of carbonyl (C=O) groups excluding carboxylic acids is 3. The summed E-state index contributed by atoms with van der Waals surface area (Å²) in [7, 11) is 1.49. The Morgan fingerprint density at radius 3 is 2.59 bits per heavy atom. The number of hydrogen-bond acceptors (Lipinski definition) is 7. The molecule has 3 rings (SSSR count). The summed E-state index contributed by atoms with van der Waals surface area (Å²) in [6, 6.07) is 7.97.